The third kappa shape index (κ3) is 3.87. The molecule has 1 aromatic carbocycles. The molecule has 0 spiro atoms. The SMILES string of the molecule is CCC[C@H](N)c1ccc(OC(F)(F)C(F)F)cc1. The number of ether oxygens (including phenoxy) is 1. The molecule has 0 aliphatic carbocycles. The third-order valence-electron chi connectivity index (χ3n) is 2.42. The Balaban J connectivity index is 2.71. The molecule has 0 amide bonds. The molecule has 0 saturated carbocycles. The van der Waals surface area contributed by atoms with Crippen LogP contribution in [0.1, 0.15) is 31.4 Å². The Bertz CT molecular complexity index is 367. The van der Waals surface area contributed by atoms with Crippen LogP contribution in [-0.4, -0.2) is 12.5 Å². The van der Waals surface area contributed by atoms with E-state index in [9.17, 15) is 17.6 Å². The predicted molar refractivity (Wildman–Crippen MR) is 59.9 cm³/mol. The van der Waals surface area contributed by atoms with Gasteiger partial charge in [0.15, 0.2) is 0 Å². The van der Waals surface area contributed by atoms with E-state index in [0.29, 0.717) is 0 Å². The summed E-state index contributed by atoms with van der Waals surface area (Å²) >= 11 is 0. The van der Waals surface area contributed by atoms with Gasteiger partial charge in [-0.25, -0.2) is 0 Å². The third-order valence-corrected chi connectivity index (χ3v) is 2.42. The van der Waals surface area contributed by atoms with Crippen molar-refractivity contribution in [3.8, 4) is 5.75 Å². The second-order valence-electron chi connectivity index (χ2n) is 3.93. The van der Waals surface area contributed by atoms with Gasteiger partial charge in [0, 0.05) is 6.04 Å². The van der Waals surface area contributed by atoms with Crippen molar-refractivity contribution < 1.29 is 22.3 Å². The highest BCUT2D eigenvalue weighted by molar-refractivity contribution is 5.29. The van der Waals surface area contributed by atoms with Crippen molar-refractivity contribution in [1.82, 2.24) is 0 Å². The van der Waals surface area contributed by atoms with Gasteiger partial charge in [0.05, 0.1) is 0 Å². The van der Waals surface area contributed by atoms with Crippen LogP contribution >= 0.6 is 0 Å². The van der Waals surface area contributed by atoms with Crippen molar-refractivity contribution >= 4 is 0 Å². The van der Waals surface area contributed by atoms with Crippen LogP contribution in [0.15, 0.2) is 24.3 Å². The zero-order valence-corrected chi connectivity index (χ0v) is 9.88. The van der Waals surface area contributed by atoms with Crippen molar-refractivity contribution in [2.75, 3.05) is 0 Å². The average Bonchev–Trinajstić information content (AvgIpc) is 2.29. The summed E-state index contributed by atoms with van der Waals surface area (Å²) in [5, 5.41) is 0. The van der Waals surface area contributed by atoms with Crippen molar-refractivity contribution in [3.05, 3.63) is 29.8 Å². The lowest BCUT2D eigenvalue weighted by atomic mass is 10.0. The van der Waals surface area contributed by atoms with Crippen LogP contribution in [0.5, 0.6) is 5.75 Å². The van der Waals surface area contributed by atoms with E-state index in [-0.39, 0.29) is 11.8 Å². The van der Waals surface area contributed by atoms with Crippen molar-refractivity contribution in [3.63, 3.8) is 0 Å². The molecular formula is C12H15F4NO. The Kier molecular flexibility index (Phi) is 4.95. The molecule has 1 atom stereocenters. The second kappa shape index (κ2) is 6.04. The normalized spacial score (nSPS) is 13.7. The van der Waals surface area contributed by atoms with Crippen LogP contribution < -0.4 is 10.5 Å². The molecular weight excluding hydrogens is 250 g/mol. The first kappa shape index (κ1) is 14.8. The fourth-order valence-electron chi connectivity index (χ4n) is 1.46. The molecule has 2 N–H and O–H groups in total. The molecule has 0 bridgehead atoms. The zero-order chi connectivity index (χ0) is 13.8. The Morgan fingerprint density at radius 2 is 1.78 bits per heavy atom. The van der Waals surface area contributed by atoms with Gasteiger partial charge in [-0.15, -0.1) is 0 Å². The molecule has 0 fully saturated rings. The molecule has 1 aromatic rings. The smallest absolute Gasteiger partial charge is 0.428 e. The first-order valence-corrected chi connectivity index (χ1v) is 5.57. The maximum Gasteiger partial charge on any atom is 0.461 e. The van der Waals surface area contributed by atoms with Gasteiger partial charge in [-0.05, 0) is 24.1 Å². The maximum absolute atomic E-state index is 12.6. The largest absolute Gasteiger partial charge is 0.461 e. The molecule has 0 saturated heterocycles. The fourth-order valence-corrected chi connectivity index (χ4v) is 1.46. The summed E-state index contributed by atoms with van der Waals surface area (Å²) in [6.45, 7) is 1.97. The Hall–Kier alpha value is -1.30. The molecule has 0 aliphatic rings. The highest BCUT2D eigenvalue weighted by atomic mass is 19.3. The summed E-state index contributed by atoms with van der Waals surface area (Å²) < 4.78 is 53.0. The van der Waals surface area contributed by atoms with E-state index in [0.717, 1.165) is 18.4 Å². The van der Waals surface area contributed by atoms with Crippen molar-refractivity contribution in [2.45, 2.75) is 38.3 Å². The minimum absolute atomic E-state index is 0.195. The summed E-state index contributed by atoms with van der Waals surface area (Å²) in [6.07, 6.45) is -6.69. The molecule has 102 valence electrons. The highest BCUT2D eigenvalue weighted by Gasteiger charge is 2.43. The Labute approximate surface area is 103 Å². The van der Waals surface area contributed by atoms with E-state index >= 15 is 0 Å². The predicted octanol–water partition coefficient (Wildman–Crippen LogP) is 3.72. The second-order valence-corrected chi connectivity index (χ2v) is 3.93. The number of hydrogen-bond donors (Lipinski definition) is 1. The quantitative estimate of drug-likeness (QED) is 0.795. The molecule has 18 heavy (non-hydrogen) atoms. The Morgan fingerprint density at radius 1 is 1.22 bits per heavy atom. The number of hydrogen-bond acceptors (Lipinski definition) is 2. The lowest BCUT2D eigenvalue weighted by molar-refractivity contribution is -0.253. The monoisotopic (exact) mass is 265 g/mol. The lowest BCUT2D eigenvalue weighted by Crippen LogP contribution is -2.33. The molecule has 2 nitrogen and oxygen atoms in total. The van der Waals surface area contributed by atoms with Gasteiger partial charge in [0.2, 0.25) is 0 Å². The van der Waals surface area contributed by atoms with Crippen molar-refractivity contribution in [1.29, 1.82) is 0 Å². The summed E-state index contributed by atoms with van der Waals surface area (Å²) in [7, 11) is 0. The van der Waals surface area contributed by atoms with Gasteiger partial charge in [-0.1, -0.05) is 25.5 Å². The van der Waals surface area contributed by atoms with Gasteiger partial charge < -0.3 is 10.5 Å². The van der Waals surface area contributed by atoms with Crippen molar-refractivity contribution in [2.24, 2.45) is 5.73 Å². The minimum Gasteiger partial charge on any atom is -0.428 e. The molecule has 0 unspecified atom stereocenters. The van der Waals surface area contributed by atoms with E-state index in [1.165, 1.54) is 24.3 Å². The van der Waals surface area contributed by atoms with Gasteiger partial charge in [-0.3, -0.25) is 0 Å². The molecule has 0 aliphatic heterocycles. The van der Waals surface area contributed by atoms with Gasteiger partial charge in [-0.2, -0.15) is 17.6 Å². The van der Waals surface area contributed by atoms with Gasteiger partial charge >= 0.3 is 12.5 Å². The van der Waals surface area contributed by atoms with Crippen LogP contribution in [0.25, 0.3) is 0 Å². The minimum atomic E-state index is -4.48. The Morgan fingerprint density at radius 3 is 2.22 bits per heavy atom. The van der Waals surface area contributed by atoms with E-state index in [1.807, 2.05) is 6.92 Å². The zero-order valence-electron chi connectivity index (χ0n) is 9.88. The van der Waals surface area contributed by atoms with Gasteiger partial charge in [0.25, 0.3) is 0 Å². The molecule has 0 radical (unpaired) electrons. The van der Waals surface area contributed by atoms with E-state index in [1.54, 1.807) is 0 Å². The average molecular weight is 265 g/mol. The van der Waals surface area contributed by atoms with E-state index < -0.39 is 12.5 Å². The number of nitrogens with two attached hydrogens (primary N) is 1. The molecule has 0 aromatic heterocycles. The van der Waals surface area contributed by atoms with Crippen LogP contribution in [0, 0.1) is 0 Å². The summed E-state index contributed by atoms with van der Waals surface area (Å²) in [5.74, 6) is -0.312. The van der Waals surface area contributed by atoms with E-state index in [2.05, 4.69) is 4.74 Å². The number of benzene rings is 1. The highest BCUT2D eigenvalue weighted by Crippen LogP contribution is 2.28. The first-order chi connectivity index (χ1) is 8.36. The summed E-state index contributed by atoms with van der Waals surface area (Å²) in [4.78, 5) is 0. The first-order valence-electron chi connectivity index (χ1n) is 5.57. The topological polar surface area (TPSA) is 35.2 Å². The van der Waals surface area contributed by atoms with Crippen LogP contribution in [0.4, 0.5) is 17.6 Å². The van der Waals surface area contributed by atoms with Crippen LogP contribution in [0.2, 0.25) is 0 Å². The van der Waals surface area contributed by atoms with Crippen LogP contribution in [0.3, 0.4) is 0 Å². The van der Waals surface area contributed by atoms with Crippen LogP contribution in [-0.2, 0) is 0 Å². The summed E-state index contributed by atoms with van der Waals surface area (Å²) in [5.41, 5.74) is 6.58. The number of halogens is 4. The fraction of sp³-hybridized carbons (Fsp3) is 0.500. The summed E-state index contributed by atoms with van der Waals surface area (Å²) in [6, 6.07) is 5.22. The number of rotatable bonds is 6. The van der Waals surface area contributed by atoms with E-state index in [4.69, 9.17) is 5.73 Å². The standard InChI is InChI=1S/C12H15F4NO/c1-2-3-10(17)8-4-6-9(7-5-8)18-12(15,16)11(13)14/h4-7,10-11H,2-3,17H2,1H3/t10-/m0/s1. The molecule has 1 rings (SSSR count). The molecule has 0 heterocycles. The maximum atomic E-state index is 12.6. The van der Waals surface area contributed by atoms with Gasteiger partial charge in [0.1, 0.15) is 5.75 Å². The lowest BCUT2D eigenvalue weighted by Gasteiger charge is -2.17. The molecule has 6 heteroatoms. The number of alkyl halides is 4.